The Balaban J connectivity index is 1.99. The number of nitrogens with one attached hydrogen (secondary N) is 1. The molecule has 1 fully saturated rings. The number of hydrogen-bond donors (Lipinski definition) is 1. The summed E-state index contributed by atoms with van der Waals surface area (Å²) in [6.07, 6.45) is 5.26. The summed E-state index contributed by atoms with van der Waals surface area (Å²) < 4.78 is 0. The van der Waals surface area contributed by atoms with Gasteiger partial charge < -0.3 is 5.32 Å². The van der Waals surface area contributed by atoms with Crippen molar-refractivity contribution >= 4 is 0 Å². The van der Waals surface area contributed by atoms with Gasteiger partial charge in [-0.15, -0.1) is 0 Å². The molecule has 1 saturated carbocycles. The van der Waals surface area contributed by atoms with Gasteiger partial charge >= 0.3 is 0 Å². The molecule has 17 heavy (non-hydrogen) atoms. The van der Waals surface area contributed by atoms with E-state index in [4.69, 9.17) is 0 Å². The van der Waals surface area contributed by atoms with Crippen molar-refractivity contribution in [3.05, 3.63) is 34.9 Å². The maximum Gasteiger partial charge on any atom is 0.00730 e. The Labute approximate surface area is 106 Å². The molecule has 0 heterocycles. The zero-order valence-electron chi connectivity index (χ0n) is 11.4. The van der Waals surface area contributed by atoms with Crippen LogP contribution in [0.1, 0.15) is 55.2 Å². The molecule has 2 unspecified atom stereocenters. The lowest BCUT2D eigenvalue weighted by atomic mass is 9.94. The summed E-state index contributed by atoms with van der Waals surface area (Å²) in [7, 11) is 0. The van der Waals surface area contributed by atoms with Gasteiger partial charge in [-0.2, -0.15) is 0 Å². The molecule has 1 aliphatic carbocycles. The largest absolute Gasteiger partial charge is 0.314 e. The second kappa shape index (κ2) is 5.68. The van der Waals surface area contributed by atoms with E-state index in [0.29, 0.717) is 0 Å². The molecule has 94 valence electrons. The van der Waals surface area contributed by atoms with Crippen molar-refractivity contribution in [2.45, 2.75) is 58.4 Å². The summed E-state index contributed by atoms with van der Waals surface area (Å²) in [4.78, 5) is 0. The minimum absolute atomic E-state index is 0.751. The van der Waals surface area contributed by atoms with Crippen LogP contribution in [0.25, 0.3) is 0 Å². The summed E-state index contributed by atoms with van der Waals surface area (Å²) >= 11 is 0. The Morgan fingerprint density at radius 1 is 1.12 bits per heavy atom. The second-order valence-electron chi connectivity index (χ2n) is 5.58. The molecule has 1 nitrogen and oxygen atoms in total. The molecule has 1 aromatic carbocycles. The predicted molar refractivity (Wildman–Crippen MR) is 74.6 cm³/mol. The fraction of sp³-hybridized carbons (Fsp3) is 0.625. The molecule has 0 bridgehead atoms. The molecule has 0 aromatic heterocycles. The average Bonchev–Trinajstić information content (AvgIpc) is 2.73. The summed E-state index contributed by atoms with van der Waals surface area (Å²) in [6, 6.07) is 7.77. The molecule has 0 radical (unpaired) electrons. The molecule has 0 amide bonds. The summed E-state index contributed by atoms with van der Waals surface area (Å²) in [5.74, 6) is 0.781. The Bertz CT molecular complexity index is 350. The van der Waals surface area contributed by atoms with Crippen molar-refractivity contribution in [2.24, 2.45) is 0 Å². The molecular formula is C16H25N. The van der Waals surface area contributed by atoms with Crippen molar-refractivity contribution in [2.75, 3.05) is 6.54 Å². The number of hydrogen-bond acceptors (Lipinski definition) is 1. The summed E-state index contributed by atoms with van der Waals surface area (Å²) in [5, 5.41) is 3.66. The van der Waals surface area contributed by atoms with Crippen molar-refractivity contribution in [3.63, 3.8) is 0 Å². The van der Waals surface area contributed by atoms with Gasteiger partial charge in [-0.25, -0.2) is 0 Å². The Hall–Kier alpha value is -0.820. The van der Waals surface area contributed by atoms with E-state index in [1.807, 2.05) is 0 Å². The van der Waals surface area contributed by atoms with Crippen molar-refractivity contribution < 1.29 is 0 Å². The van der Waals surface area contributed by atoms with Gasteiger partial charge in [-0.1, -0.05) is 36.2 Å². The number of aryl methyl sites for hydroxylation is 2. The average molecular weight is 231 g/mol. The highest BCUT2D eigenvalue weighted by atomic mass is 14.9. The van der Waals surface area contributed by atoms with E-state index in [1.165, 1.54) is 43.4 Å². The van der Waals surface area contributed by atoms with E-state index in [-0.39, 0.29) is 0 Å². The van der Waals surface area contributed by atoms with Crippen LogP contribution >= 0.6 is 0 Å². The first-order chi connectivity index (χ1) is 8.19. The van der Waals surface area contributed by atoms with Gasteiger partial charge in [-0.05, 0) is 57.6 Å². The zero-order chi connectivity index (χ0) is 12.3. The van der Waals surface area contributed by atoms with Gasteiger partial charge in [0.2, 0.25) is 0 Å². The lowest BCUT2D eigenvalue weighted by Gasteiger charge is -2.14. The van der Waals surface area contributed by atoms with Crippen LogP contribution in [-0.2, 0) is 0 Å². The Morgan fingerprint density at radius 3 is 2.47 bits per heavy atom. The number of rotatable bonds is 4. The first-order valence-corrected chi connectivity index (χ1v) is 7.00. The van der Waals surface area contributed by atoms with Crippen LogP contribution in [-0.4, -0.2) is 12.6 Å². The monoisotopic (exact) mass is 231 g/mol. The first kappa shape index (κ1) is 12.6. The maximum atomic E-state index is 3.66. The Morgan fingerprint density at radius 2 is 1.82 bits per heavy atom. The van der Waals surface area contributed by atoms with Crippen molar-refractivity contribution in [1.29, 1.82) is 0 Å². The molecule has 2 rings (SSSR count). The third kappa shape index (κ3) is 3.32. The Kier molecular flexibility index (Phi) is 4.22. The van der Waals surface area contributed by atoms with Gasteiger partial charge in [0, 0.05) is 6.04 Å². The van der Waals surface area contributed by atoms with E-state index in [0.717, 1.165) is 12.0 Å². The van der Waals surface area contributed by atoms with E-state index in [1.54, 1.807) is 5.56 Å². The van der Waals surface area contributed by atoms with Crippen LogP contribution in [0.4, 0.5) is 0 Å². The summed E-state index contributed by atoms with van der Waals surface area (Å²) in [6.45, 7) is 7.82. The fourth-order valence-corrected chi connectivity index (χ4v) is 3.06. The van der Waals surface area contributed by atoms with Crippen LogP contribution in [0.3, 0.4) is 0 Å². The fourth-order valence-electron chi connectivity index (χ4n) is 3.06. The van der Waals surface area contributed by atoms with E-state index < -0.39 is 0 Å². The quantitative estimate of drug-likeness (QED) is 0.827. The van der Waals surface area contributed by atoms with Crippen molar-refractivity contribution in [3.8, 4) is 0 Å². The third-order valence-corrected chi connectivity index (χ3v) is 3.83. The second-order valence-corrected chi connectivity index (χ2v) is 5.58. The van der Waals surface area contributed by atoms with E-state index >= 15 is 0 Å². The maximum absolute atomic E-state index is 3.66. The molecule has 1 aromatic rings. The smallest absolute Gasteiger partial charge is 0.00730 e. The van der Waals surface area contributed by atoms with E-state index in [9.17, 15) is 0 Å². The van der Waals surface area contributed by atoms with Gasteiger partial charge in [0.05, 0.1) is 0 Å². The van der Waals surface area contributed by atoms with Gasteiger partial charge in [0.25, 0.3) is 0 Å². The topological polar surface area (TPSA) is 12.0 Å². The van der Waals surface area contributed by atoms with E-state index in [2.05, 4.69) is 44.3 Å². The third-order valence-electron chi connectivity index (χ3n) is 3.83. The lowest BCUT2D eigenvalue weighted by Crippen LogP contribution is -2.26. The molecule has 0 aliphatic heterocycles. The molecule has 1 heteroatoms. The van der Waals surface area contributed by atoms with Crippen LogP contribution in [0.2, 0.25) is 0 Å². The predicted octanol–water partition coefficient (Wildman–Crippen LogP) is 3.94. The van der Waals surface area contributed by atoms with Gasteiger partial charge in [0.15, 0.2) is 0 Å². The van der Waals surface area contributed by atoms with Crippen LogP contribution in [0, 0.1) is 13.8 Å². The van der Waals surface area contributed by atoms with Gasteiger partial charge in [-0.3, -0.25) is 0 Å². The zero-order valence-corrected chi connectivity index (χ0v) is 11.4. The SMILES string of the molecule is CCCNC1CCC(c2cc(C)cc(C)c2)C1. The number of benzene rings is 1. The van der Waals surface area contributed by atoms with Crippen LogP contribution < -0.4 is 5.32 Å². The minimum Gasteiger partial charge on any atom is -0.314 e. The minimum atomic E-state index is 0.751. The highest BCUT2D eigenvalue weighted by Crippen LogP contribution is 2.35. The molecule has 0 spiro atoms. The van der Waals surface area contributed by atoms with Crippen molar-refractivity contribution in [1.82, 2.24) is 5.32 Å². The molecule has 2 atom stereocenters. The van der Waals surface area contributed by atoms with Crippen LogP contribution in [0.5, 0.6) is 0 Å². The normalized spacial score (nSPS) is 24.2. The molecule has 1 aliphatic rings. The highest BCUT2D eigenvalue weighted by molar-refractivity contribution is 5.31. The first-order valence-electron chi connectivity index (χ1n) is 7.00. The highest BCUT2D eigenvalue weighted by Gasteiger charge is 2.25. The summed E-state index contributed by atoms with van der Waals surface area (Å²) in [5.41, 5.74) is 4.37. The standard InChI is InChI=1S/C16H25N/c1-4-7-17-16-6-5-14(11-16)15-9-12(2)8-13(3)10-15/h8-10,14,16-17H,4-7,11H2,1-3H3. The van der Waals surface area contributed by atoms with Crippen LogP contribution in [0.15, 0.2) is 18.2 Å². The molecule has 0 saturated heterocycles. The van der Waals surface area contributed by atoms with Gasteiger partial charge in [0.1, 0.15) is 0 Å². The molecule has 1 N–H and O–H groups in total. The molecular weight excluding hydrogens is 206 g/mol. The lowest BCUT2D eigenvalue weighted by molar-refractivity contribution is 0.517.